The maximum absolute atomic E-state index is 12.8. The quantitative estimate of drug-likeness (QED) is 0.872. The smallest absolute Gasteiger partial charge is 0.416 e. The minimum Gasteiger partial charge on any atom is -0.481 e. The molecule has 0 spiro atoms. The van der Waals surface area contributed by atoms with Gasteiger partial charge in [-0.3, -0.25) is 9.59 Å². The van der Waals surface area contributed by atoms with Crippen LogP contribution in [-0.4, -0.2) is 23.0 Å². The van der Waals surface area contributed by atoms with E-state index in [4.69, 9.17) is 5.11 Å². The Bertz CT molecular complexity index is 594. The van der Waals surface area contributed by atoms with Crippen molar-refractivity contribution < 1.29 is 27.9 Å². The van der Waals surface area contributed by atoms with Gasteiger partial charge in [0.2, 0.25) is 5.91 Å². The number of aliphatic carboxylic acids is 1. The van der Waals surface area contributed by atoms with Crippen LogP contribution in [0, 0.1) is 5.92 Å². The molecule has 7 heteroatoms. The van der Waals surface area contributed by atoms with Crippen molar-refractivity contribution in [2.75, 3.05) is 0 Å². The van der Waals surface area contributed by atoms with Crippen LogP contribution in [0.15, 0.2) is 24.3 Å². The molecule has 1 aliphatic rings. The molecular weight excluding hydrogens is 311 g/mol. The summed E-state index contributed by atoms with van der Waals surface area (Å²) in [5.41, 5.74) is -0.468. The monoisotopic (exact) mass is 329 g/mol. The number of carbonyl (C=O) groups is 2. The standard InChI is InChI=1S/C16H18F3NO3/c1-2-13(9-4-3-5-11(6-9)16(17,18)19)14(21)20-12-7-10(8-12)15(22)23/h3-6,10,12-13H,2,7-8H2,1H3,(H,20,21)(H,22,23). The van der Waals surface area contributed by atoms with Gasteiger partial charge in [0.1, 0.15) is 0 Å². The van der Waals surface area contributed by atoms with Gasteiger partial charge in [0, 0.05) is 6.04 Å². The summed E-state index contributed by atoms with van der Waals surface area (Å²) >= 11 is 0. The highest BCUT2D eigenvalue weighted by molar-refractivity contribution is 5.84. The van der Waals surface area contributed by atoms with Gasteiger partial charge in [0.05, 0.1) is 17.4 Å². The lowest BCUT2D eigenvalue weighted by Crippen LogP contribution is -2.48. The van der Waals surface area contributed by atoms with Crippen molar-refractivity contribution in [1.29, 1.82) is 0 Å². The molecule has 1 unspecified atom stereocenters. The van der Waals surface area contributed by atoms with E-state index in [1.165, 1.54) is 12.1 Å². The Kier molecular flexibility index (Phi) is 4.97. The fourth-order valence-electron chi connectivity index (χ4n) is 2.74. The lowest BCUT2D eigenvalue weighted by atomic mass is 9.80. The van der Waals surface area contributed by atoms with Crippen molar-refractivity contribution in [2.24, 2.45) is 5.92 Å². The third-order valence-electron chi connectivity index (χ3n) is 4.17. The van der Waals surface area contributed by atoms with Crippen LogP contribution in [-0.2, 0) is 15.8 Å². The van der Waals surface area contributed by atoms with Gasteiger partial charge in [-0.2, -0.15) is 13.2 Å². The van der Waals surface area contributed by atoms with E-state index in [2.05, 4.69) is 5.32 Å². The number of carboxylic acids is 1. The summed E-state index contributed by atoms with van der Waals surface area (Å²) in [5, 5.41) is 11.5. The third-order valence-corrected chi connectivity index (χ3v) is 4.17. The van der Waals surface area contributed by atoms with Crippen LogP contribution in [0.4, 0.5) is 13.2 Å². The van der Waals surface area contributed by atoms with Crippen molar-refractivity contribution >= 4 is 11.9 Å². The maximum atomic E-state index is 12.8. The summed E-state index contributed by atoms with van der Waals surface area (Å²) < 4.78 is 38.3. The highest BCUT2D eigenvalue weighted by Crippen LogP contribution is 2.33. The molecule has 1 aromatic rings. The Balaban J connectivity index is 2.05. The number of carboxylic acid groups (broad SMARTS) is 1. The number of nitrogens with one attached hydrogen (secondary N) is 1. The first-order valence-electron chi connectivity index (χ1n) is 7.42. The molecule has 1 aliphatic carbocycles. The van der Waals surface area contributed by atoms with Gasteiger partial charge < -0.3 is 10.4 Å². The number of hydrogen-bond donors (Lipinski definition) is 2. The van der Waals surface area contributed by atoms with Crippen LogP contribution >= 0.6 is 0 Å². The minimum atomic E-state index is -4.45. The highest BCUT2D eigenvalue weighted by Gasteiger charge is 2.36. The van der Waals surface area contributed by atoms with Gasteiger partial charge in [0.15, 0.2) is 0 Å². The van der Waals surface area contributed by atoms with Gasteiger partial charge in [-0.15, -0.1) is 0 Å². The first kappa shape index (κ1) is 17.3. The van der Waals surface area contributed by atoms with Crippen molar-refractivity contribution in [3.8, 4) is 0 Å². The molecule has 4 nitrogen and oxygen atoms in total. The highest BCUT2D eigenvalue weighted by atomic mass is 19.4. The zero-order valence-corrected chi connectivity index (χ0v) is 12.6. The summed E-state index contributed by atoms with van der Waals surface area (Å²) in [4.78, 5) is 23.0. The van der Waals surface area contributed by atoms with E-state index in [1.807, 2.05) is 0 Å². The molecule has 2 rings (SSSR count). The molecule has 2 N–H and O–H groups in total. The van der Waals surface area contributed by atoms with Gasteiger partial charge >= 0.3 is 12.1 Å². The molecule has 1 saturated carbocycles. The van der Waals surface area contributed by atoms with E-state index in [0.717, 1.165) is 12.1 Å². The first-order valence-corrected chi connectivity index (χ1v) is 7.42. The van der Waals surface area contributed by atoms with Crippen LogP contribution in [0.2, 0.25) is 0 Å². The molecule has 126 valence electrons. The molecule has 1 fully saturated rings. The van der Waals surface area contributed by atoms with Gasteiger partial charge in [-0.25, -0.2) is 0 Å². The summed E-state index contributed by atoms with van der Waals surface area (Å²) in [6, 6.07) is 4.54. The largest absolute Gasteiger partial charge is 0.481 e. The van der Waals surface area contributed by atoms with Crippen molar-refractivity contribution in [3.05, 3.63) is 35.4 Å². The van der Waals surface area contributed by atoms with E-state index >= 15 is 0 Å². The number of benzene rings is 1. The predicted octanol–water partition coefficient (Wildman–Crippen LogP) is 3.18. The zero-order chi connectivity index (χ0) is 17.2. The number of rotatable bonds is 5. The van der Waals surface area contributed by atoms with Crippen LogP contribution in [0.25, 0.3) is 0 Å². The Morgan fingerprint density at radius 1 is 1.35 bits per heavy atom. The number of alkyl halides is 3. The summed E-state index contributed by atoms with van der Waals surface area (Å²) in [6.07, 6.45) is -3.37. The second-order valence-corrected chi connectivity index (χ2v) is 5.80. The number of hydrogen-bond acceptors (Lipinski definition) is 2. The van der Waals surface area contributed by atoms with Crippen molar-refractivity contribution in [1.82, 2.24) is 5.32 Å². The average Bonchev–Trinajstić information content (AvgIpc) is 2.42. The second kappa shape index (κ2) is 6.60. The molecule has 0 bridgehead atoms. The van der Waals surface area contributed by atoms with Crippen molar-refractivity contribution in [3.63, 3.8) is 0 Å². The van der Waals surface area contributed by atoms with Gasteiger partial charge in [-0.1, -0.05) is 25.1 Å². The first-order chi connectivity index (χ1) is 10.7. The molecule has 1 atom stereocenters. The topological polar surface area (TPSA) is 66.4 Å². The number of amides is 1. The molecule has 1 amide bonds. The molecule has 23 heavy (non-hydrogen) atoms. The van der Waals surface area contributed by atoms with E-state index in [0.29, 0.717) is 24.8 Å². The normalized spacial score (nSPS) is 22.1. The number of halogens is 3. The molecule has 0 saturated heterocycles. The Hall–Kier alpha value is -2.05. The van der Waals surface area contributed by atoms with Crippen LogP contribution in [0.3, 0.4) is 0 Å². The summed E-state index contributed by atoms with van der Waals surface area (Å²) in [6.45, 7) is 1.73. The van der Waals surface area contributed by atoms with Gasteiger partial charge in [0.25, 0.3) is 0 Å². The predicted molar refractivity (Wildman–Crippen MR) is 76.8 cm³/mol. The fourth-order valence-corrected chi connectivity index (χ4v) is 2.74. The lowest BCUT2D eigenvalue weighted by molar-refractivity contribution is -0.146. The Labute approximate surface area is 131 Å². The fraction of sp³-hybridized carbons (Fsp3) is 0.500. The third kappa shape index (κ3) is 4.03. The molecule has 0 heterocycles. The second-order valence-electron chi connectivity index (χ2n) is 5.80. The summed E-state index contributed by atoms with van der Waals surface area (Å²) in [5.74, 6) is -2.38. The maximum Gasteiger partial charge on any atom is 0.416 e. The zero-order valence-electron chi connectivity index (χ0n) is 12.6. The SMILES string of the molecule is CCC(C(=O)NC1CC(C(=O)O)C1)c1cccc(C(F)(F)F)c1. The van der Waals surface area contributed by atoms with Crippen LogP contribution < -0.4 is 5.32 Å². The van der Waals surface area contributed by atoms with Crippen LogP contribution in [0.5, 0.6) is 0 Å². The Morgan fingerprint density at radius 3 is 2.52 bits per heavy atom. The molecular formula is C16H18F3NO3. The lowest BCUT2D eigenvalue weighted by Gasteiger charge is -2.34. The van der Waals surface area contributed by atoms with E-state index in [9.17, 15) is 22.8 Å². The van der Waals surface area contributed by atoms with Crippen molar-refractivity contribution in [2.45, 2.75) is 44.3 Å². The summed E-state index contributed by atoms with van der Waals surface area (Å²) in [7, 11) is 0. The Morgan fingerprint density at radius 2 is 2.00 bits per heavy atom. The van der Waals surface area contributed by atoms with Gasteiger partial charge in [-0.05, 0) is 30.9 Å². The van der Waals surface area contributed by atoms with E-state index in [1.54, 1.807) is 6.92 Å². The molecule has 0 radical (unpaired) electrons. The van der Waals surface area contributed by atoms with E-state index in [-0.39, 0.29) is 11.9 Å². The molecule has 1 aromatic carbocycles. The average molecular weight is 329 g/mol. The molecule has 0 aromatic heterocycles. The van der Waals surface area contributed by atoms with E-state index < -0.39 is 29.5 Å². The number of carbonyl (C=O) groups excluding carboxylic acids is 1. The van der Waals surface area contributed by atoms with Crippen LogP contribution in [0.1, 0.15) is 43.2 Å². The molecule has 0 aliphatic heterocycles. The minimum absolute atomic E-state index is 0.219.